The molecule has 146 valence electrons. The fourth-order valence-corrected chi connectivity index (χ4v) is 3.77. The Hall–Kier alpha value is -3.39. The number of benzene rings is 2. The molecule has 0 spiro atoms. The van der Waals surface area contributed by atoms with E-state index in [0.29, 0.717) is 28.7 Å². The van der Waals surface area contributed by atoms with Gasteiger partial charge < -0.3 is 9.84 Å². The minimum Gasteiger partial charge on any atom is -0.340 e. The van der Waals surface area contributed by atoms with Gasteiger partial charge in [0, 0.05) is 29.4 Å². The molecule has 1 amide bonds. The lowest BCUT2D eigenvalue weighted by Gasteiger charge is -2.11. The summed E-state index contributed by atoms with van der Waals surface area (Å²) in [7, 11) is 0. The molecule has 0 aliphatic carbocycles. The van der Waals surface area contributed by atoms with Crippen LogP contribution in [0.1, 0.15) is 27.8 Å². The van der Waals surface area contributed by atoms with E-state index in [1.54, 1.807) is 19.2 Å². The van der Waals surface area contributed by atoms with Crippen LogP contribution in [-0.4, -0.2) is 25.8 Å². The fourth-order valence-electron chi connectivity index (χ4n) is 2.88. The fraction of sp³-hybridized carbons (Fsp3) is 0.143. The number of amides is 1. The first-order chi connectivity index (χ1) is 14.1. The predicted molar refractivity (Wildman–Crippen MR) is 111 cm³/mol. The van der Waals surface area contributed by atoms with Gasteiger partial charge in [-0.3, -0.25) is 4.79 Å². The number of rotatable bonds is 6. The molecule has 7 nitrogen and oxygen atoms in total. The quantitative estimate of drug-likeness (QED) is 0.478. The predicted octanol–water partition coefficient (Wildman–Crippen LogP) is 4.42. The zero-order valence-corrected chi connectivity index (χ0v) is 16.8. The molecular weight excluding hydrogens is 386 g/mol. The van der Waals surface area contributed by atoms with E-state index in [4.69, 9.17) is 4.52 Å². The van der Waals surface area contributed by atoms with Crippen LogP contribution < -0.4 is 5.32 Å². The number of aryl methyl sites for hydroxylation is 2. The van der Waals surface area contributed by atoms with Crippen molar-refractivity contribution >= 4 is 23.4 Å². The summed E-state index contributed by atoms with van der Waals surface area (Å²) in [6, 6.07) is 17.0. The van der Waals surface area contributed by atoms with E-state index in [1.165, 1.54) is 11.8 Å². The van der Waals surface area contributed by atoms with Gasteiger partial charge in [-0.25, -0.2) is 4.68 Å². The van der Waals surface area contributed by atoms with Crippen molar-refractivity contribution in [1.82, 2.24) is 19.9 Å². The third-order valence-corrected chi connectivity index (χ3v) is 5.31. The Bertz CT molecular complexity index is 1150. The smallest absolute Gasteiger partial charge is 0.256 e. The van der Waals surface area contributed by atoms with Crippen molar-refractivity contribution < 1.29 is 9.32 Å². The van der Waals surface area contributed by atoms with Crippen molar-refractivity contribution in [3.05, 3.63) is 83.8 Å². The van der Waals surface area contributed by atoms with Crippen molar-refractivity contribution in [2.45, 2.75) is 24.5 Å². The SMILES string of the molecule is Cc1nc(CSc2ccccc2C(=O)Nc2cccc(-n3nccc3C)c2)no1. The van der Waals surface area contributed by atoms with Crippen LogP contribution in [0.4, 0.5) is 5.69 Å². The highest BCUT2D eigenvalue weighted by Crippen LogP contribution is 2.26. The number of nitrogens with zero attached hydrogens (tertiary/aromatic N) is 4. The van der Waals surface area contributed by atoms with Gasteiger partial charge in [-0.15, -0.1) is 11.8 Å². The van der Waals surface area contributed by atoms with Crippen LogP contribution in [0.15, 0.2) is 70.2 Å². The Morgan fingerprint density at radius 3 is 2.76 bits per heavy atom. The van der Waals surface area contributed by atoms with E-state index in [0.717, 1.165) is 16.3 Å². The van der Waals surface area contributed by atoms with Crippen molar-refractivity contribution in [2.75, 3.05) is 5.32 Å². The van der Waals surface area contributed by atoms with Crippen LogP contribution in [-0.2, 0) is 5.75 Å². The number of hydrogen-bond acceptors (Lipinski definition) is 6. The van der Waals surface area contributed by atoms with Crippen molar-refractivity contribution in [1.29, 1.82) is 0 Å². The molecule has 0 unspecified atom stereocenters. The summed E-state index contributed by atoms with van der Waals surface area (Å²) < 4.78 is 6.82. The summed E-state index contributed by atoms with van der Waals surface area (Å²) in [6.07, 6.45) is 1.75. The van der Waals surface area contributed by atoms with Crippen LogP contribution in [0, 0.1) is 13.8 Å². The minimum absolute atomic E-state index is 0.174. The van der Waals surface area contributed by atoms with Gasteiger partial charge in [0.25, 0.3) is 5.91 Å². The second-order valence-electron chi connectivity index (χ2n) is 6.40. The van der Waals surface area contributed by atoms with Gasteiger partial charge in [-0.1, -0.05) is 23.4 Å². The molecule has 2 aromatic heterocycles. The van der Waals surface area contributed by atoms with Crippen LogP contribution in [0.2, 0.25) is 0 Å². The number of carbonyl (C=O) groups is 1. The summed E-state index contributed by atoms with van der Waals surface area (Å²) in [5, 5.41) is 11.2. The lowest BCUT2D eigenvalue weighted by Crippen LogP contribution is -2.13. The van der Waals surface area contributed by atoms with Crippen molar-refractivity contribution in [3.63, 3.8) is 0 Å². The number of carbonyl (C=O) groups excluding carboxylic acids is 1. The summed E-state index contributed by atoms with van der Waals surface area (Å²) in [5.41, 5.74) is 3.21. The normalized spacial score (nSPS) is 10.8. The van der Waals surface area contributed by atoms with E-state index in [1.807, 2.05) is 60.1 Å². The van der Waals surface area contributed by atoms with Gasteiger partial charge >= 0.3 is 0 Å². The van der Waals surface area contributed by atoms with Gasteiger partial charge in [0.2, 0.25) is 5.89 Å². The second kappa shape index (κ2) is 8.32. The maximum atomic E-state index is 12.9. The molecule has 2 aromatic carbocycles. The molecule has 0 bridgehead atoms. The zero-order chi connectivity index (χ0) is 20.2. The van der Waals surface area contributed by atoms with Crippen LogP contribution in [0.3, 0.4) is 0 Å². The summed E-state index contributed by atoms with van der Waals surface area (Å²) in [5.74, 6) is 1.48. The number of anilines is 1. The molecule has 4 aromatic rings. The second-order valence-corrected chi connectivity index (χ2v) is 7.42. The van der Waals surface area contributed by atoms with Gasteiger partial charge in [0.1, 0.15) is 0 Å². The van der Waals surface area contributed by atoms with Gasteiger partial charge in [0.15, 0.2) is 5.82 Å². The minimum atomic E-state index is -0.174. The van der Waals surface area contributed by atoms with Crippen LogP contribution in [0.25, 0.3) is 5.69 Å². The highest BCUT2D eigenvalue weighted by molar-refractivity contribution is 7.98. The summed E-state index contributed by atoms with van der Waals surface area (Å²) in [4.78, 5) is 18.0. The summed E-state index contributed by atoms with van der Waals surface area (Å²) >= 11 is 1.50. The third-order valence-electron chi connectivity index (χ3n) is 4.24. The lowest BCUT2D eigenvalue weighted by atomic mass is 10.2. The average Bonchev–Trinajstić information content (AvgIpc) is 3.34. The average molecular weight is 405 g/mol. The van der Waals surface area contributed by atoms with E-state index in [-0.39, 0.29) is 5.91 Å². The first-order valence-electron chi connectivity index (χ1n) is 9.03. The number of thioether (sulfide) groups is 1. The summed E-state index contributed by atoms with van der Waals surface area (Å²) in [6.45, 7) is 3.73. The van der Waals surface area contributed by atoms with Crippen molar-refractivity contribution in [2.24, 2.45) is 0 Å². The van der Waals surface area contributed by atoms with Crippen LogP contribution >= 0.6 is 11.8 Å². The molecular formula is C21H19N5O2S. The lowest BCUT2D eigenvalue weighted by molar-refractivity contribution is 0.102. The maximum Gasteiger partial charge on any atom is 0.256 e. The van der Waals surface area contributed by atoms with E-state index >= 15 is 0 Å². The standard InChI is InChI=1S/C21H19N5O2S/c1-14-10-11-22-26(14)17-7-5-6-16(12-17)24-21(27)18-8-3-4-9-19(18)29-13-20-23-15(2)28-25-20/h3-12H,13H2,1-2H3,(H,24,27). The van der Waals surface area contributed by atoms with Gasteiger partial charge in [0.05, 0.1) is 17.0 Å². The maximum absolute atomic E-state index is 12.9. The molecule has 0 fully saturated rings. The van der Waals surface area contributed by atoms with Crippen LogP contribution in [0.5, 0.6) is 0 Å². The molecule has 0 saturated carbocycles. The number of nitrogens with one attached hydrogen (secondary N) is 1. The molecule has 0 saturated heterocycles. The van der Waals surface area contributed by atoms with E-state index in [2.05, 4.69) is 20.6 Å². The topological polar surface area (TPSA) is 85.8 Å². The molecule has 0 aliphatic rings. The number of aromatic nitrogens is 4. The molecule has 8 heteroatoms. The highest BCUT2D eigenvalue weighted by atomic mass is 32.2. The molecule has 0 aliphatic heterocycles. The molecule has 2 heterocycles. The molecule has 4 rings (SSSR count). The Morgan fingerprint density at radius 1 is 1.14 bits per heavy atom. The number of hydrogen-bond donors (Lipinski definition) is 1. The Labute approximate surface area is 172 Å². The van der Waals surface area contributed by atoms with E-state index < -0.39 is 0 Å². The Morgan fingerprint density at radius 2 is 2.00 bits per heavy atom. The first-order valence-corrected chi connectivity index (χ1v) is 10.0. The monoisotopic (exact) mass is 405 g/mol. The highest BCUT2D eigenvalue weighted by Gasteiger charge is 2.13. The van der Waals surface area contributed by atoms with Gasteiger partial charge in [-0.2, -0.15) is 10.1 Å². The molecule has 29 heavy (non-hydrogen) atoms. The first kappa shape index (κ1) is 18.9. The molecule has 0 atom stereocenters. The largest absolute Gasteiger partial charge is 0.340 e. The van der Waals surface area contributed by atoms with E-state index in [9.17, 15) is 4.79 Å². The molecule has 1 N–H and O–H groups in total. The third kappa shape index (κ3) is 4.38. The zero-order valence-electron chi connectivity index (χ0n) is 16.0. The molecule has 0 radical (unpaired) electrons. The van der Waals surface area contributed by atoms with Gasteiger partial charge in [-0.05, 0) is 43.3 Å². The Kier molecular flexibility index (Phi) is 5.44. The van der Waals surface area contributed by atoms with Crippen molar-refractivity contribution in [3.8, 4) is 5.69 Å². The Balaban J connectivity index is 1.51.